The summed E-state index contributed by atoms with van der Waals surface area (Å²) in [5, 5.41) is 0. The smallest absolute Gasteiger partial charge is 0.258 e. The number of carbonyl (C=O) groups excluding carboxylic acids is 2. The summed E-state index contributed by atoms with van der Waals surface area (Å²) in [6.07, 6.45) is 0.431. The largest absolute Gasteiger partial charge is 0.378 e. The first-order valence-electron chi connectivity index (χ1n) is 14.6. The van der Waals surface area contributed by atoms with Crippen molar-refractivity contribution >= 4 is 23.5 Å². The van der Waals surface area contributed by atoms with Gasteiger partial charge in [-0.1, -0.05) is 57.2 Å². The van der Waals surface area contributed by atoms with Crippen molar-refractivity contribution in [1.29, 1.82) is 0 Å². The van der Waals surface area contributed by atoms with Gasteiger partial charge >= 0.3 is 0 Å². The first-order valence-corrected chi connectivity index (χ1v) is 14.6. The van der Waals surface area contributed by atoms with Crippen LogP contribution in [-0.4, -0.2) is 58.0 Å². The lowest BCUT2D eigenvalue weighted by atomic mass is 9.85. The molecule has 0 saturated carbocycles. The maximum absolute atomic E-state index is 13.5. The highest BCUT2D eigenvalue weighted by Gasteiger charge is 2.31. The summed E-state index contributed by atoms with van der Waals surface area (Å²) < 4.78 is 5.35. The molecule has 1 aromatic heterocycles. The van der Waals surface area contributed by atoms with Gasteiger partial charge in [-0.25, -0.2) is 4.98 Å². The number of hydrogen-bond donors (Lipinski definition) is 1. The third-order valence-corrected chi connectivity index (χ3v) is 8.17. The molecule has 43 heavy (non-hydrogen) atoms. The molecule has 1 fully saturated rings. The van der Waals surface area contributed by atoms with E-state index in [0.717, 1.165) is 33.5 Å². The van der Waals surface area contributed by atoms with Gasteiger partial charge in [-0.3, -0.25) is 9.59 Å². The van der Waals surface area contributed by atoms with Gasteiger partial charge in [-0.05, 0) is 58.9 Å². The van der Waals surface area contributed by atoms with Gasteiger partial charge in [0.25, 0.3) is 11.8 Å². The molecule has 9 heteroatoms. The summed E-state index contributed by atoms with van der Waals surface area (Å²) in [7, 11) is 0. The zero-order chi connectivity index (χ0) is 30.3. The van der Waals surface area contributed by atoms with Crippen LogP contribution in [-0.2, 0) is 23.1 Å². The third kappa shape index (κ3) is 5.72. The molecule has 2 amide bonds. The number of hydrogen-bond acceptors (Lipinski definition) is 7. The SMILES string of the molecule is Cc1c(-c2nc(N)nc(Cc3ccc(C(=O)N4CCOCC4)cc3)n2)cccc1N1Cc2cc(C(C)(C)C)ccc2C1=O. The third-order valence-electron chi connectivity index (χ3n) is 8.17. The van der Waals surface area contributed by atoms with E-state index >= 15 is 0 Å². The summed E-state index contributed by atoms with van der Waals surface area (Å²) in [5.74, 6) is 1.11. The Bertz CT molecular complexity index is 1700. The number of nitrogens with two attached hydrogens (primary N) is 1. The Balaban J connectivity index is 1.24. The molecule has 2 aliphatic rings. The molecular weight excluding hydrogens is 540 g/mol. The van der Waals surface area contributed by atoms with E-state index in [1.165, 1.54) is 5.56 Å². The highest BCUT2D eigenvalue weighted by molar-refractivity contribution is 6.10. The van der Waals surface area contributed by atoms with Crippen molar-refractivity contribution in [3.05, 3.63) is 99.9 Å². The number of morpholine rings is 1. The molecule has 0 atom stereocenters. The van der Waals surface area contributed by atoms with Crippen LogP contribution >= 0.6 is 0 Å². The molecule has 3 heterocycles. The van der Waals surface area contributed by atoms with Crippen molar-refractivity contribution in [3.63, 3.8) is 0 Å². The fourth-order valence-corrected chi connectivity index (χ4v) is 5.67. The van der Waals surface area contributed by atoms with Crippen LogP contribution in [0.2, 0.25) is 0 Å². The number of rotatable bonds is 5. The minimum atomic E-state index is -0.0119. The zero-order valence-corrected chi connectivity index (χ0v) is 25.1. The van der Waals surface area contributed by atoms with Crippen molar-refractivity contribution in [2.75, 3.05) is 36.9 Å². The van der Waals surface area contributed by atoms with Crippen molar-refractivity contribution in [1.82, 2.24) is 19.9 Å². The predicted molar refractivity (Wildman–Crippen MR) is 166 cm³/mol. The lowest BCUT2D eigenvalue weighted by Crippen LogP contribution is -2.40. The fraction of sp³-hybridized carbons (Fsp3) is 0.324. The molecule has 9 nitrogen and oxygen atoms in total. The van der Waals surface area contributed by atoms with Crippen LogP contribution < -0.4 is 10.6 Å². The summed E-state index contributed by atoms with van der Waals surface area (Å²) in [4.78, 5) is 43.5. The number of carbonyl (C=O) groups is 2. The van der Waals surface area contributed by atoms with E-state index in [4.69, 9.17) is 15.5 Å². The van der Waals surface area contributed by atoms with Crippen LogP contribution in [0.25, 0.3) is 11.4 Å². The van der Waals surface area contributed by atoms with E-state index in [2.05, 4.69) is 36.8 Å². The zero-order valence-electron chi connectivity index (χ0n) is 25.1. The van der Waals surface area contributed by atoms with Crippen LogP contribution in [0.5, 0.6) is 0 Å². The molecule has 6 rings (SSSR count). The van der Waals surface area contributed by atoms with Crippen LogP contribution in [0.15, 0.2) is 60.7 Å². The molecule has 2 N–H and O–H groups in total. The summed E-state index contributed by atoms with van der Waals surface area (Å²) >= 11 is 0. The van der Waals surface area contributed by atoms with Gasteiger partial charge in [0.1, 0.15) is 5.82 Å². The molecule has 0 spiro atoms. The molecule has 0 radical (unpaired) electrons. The van der Waals surface area contributed by atoms with E-state index in [1.54, 1.807) is 0 Å². The fourth-order valence-electron chi connectivity index (χ4n) is 5.67. The molecule has 4 aromatic rings. The Hall–Kier alpha value is -4.63. The van der Waals surface area contributed by atoms with Gasteiger partial charge < -0.3 is 20.3 Å². The Kier molecular flexibility index (Phi) is 7.43. The topological polar surface area (TPSA) is 115 Å². The molecule has 0 unspecified atom stereocenters. The minimum absolute atomic E-state index is 0.0000303. The normalized spacial score (nSPS) is 15.1. The number of ether oxygens (including phenoxy) is 1. The average molecular weight is 577 g/mol. The second kappa shape index (κ2) is 11.2. The van der Waals surface area contributed by atoms with E-state index in [-0.39, 0.29) is 23.2 Å². The average Bonchev–Trinajstić information content (AvgIpc) is 3.32. The number of fused-ring (bicyclic) bond motifs is 1. The van der Waals surface area contributed by atoms with Crippen molar-refractivity contribution in [2.45, 2.75) is 46.1 Å². The number of nitrogens with zero attached hydrogens (tertiary/aromatic N) is 5. The quantitative estimate of drug-likeness (QED) is 0.358. The van der Waals surface area contributed by atoms with Gasteiger partial charge in [0.05, 0.1) is 19.8 Å². The van der Waals surface area contributed by atoms with E-state index < -0.39 is 0 Å². The molecule has 3 aromatic carbocycles. The van der Waals surface area contributed by atoms with Crippen LogP contribution in [0.3, 0.4) is 0 Å². The molecule has 220 valence electrons. The Morgan fingerprint density at radius 1 is 0.953 bits per heavy atom. The monoisotopic (exact) mass is 576 g/mol. The number of amides is 2. The summed E-state index contributed by atoms with van der Waals surface area (Å²) in [5.41, 5.74) is 13.2. The molecule has 0 aliphatic carbocycles. The molecule has 0 bridgehead atoms. The van der Waals surface area contributed by atoms with Crippen molar-refractivity contribution in [2.24, 2.45) is 0 Å². The van der Waals surface area contributed by atoms with E-state index in [9.17, 15) is 9.59 Å². The summed E-state index contributed by atoms with van der Waals surface area (Å²) in [6, 6.07) is 19.5. The predicted octanol–water partition coefficient (Wildman–Crippen LogP) is 4.95. The molecular formula is C34H36N6O3. The van der Waals surface area contributed by atoms with Crippen molar-refractivity contribution < 1.29 is 14.3 Å². The van der Waals surface area contributed by atoms with Gasteiger partial charge in [-0.15, -0.1) is 0 Å². The highest BCUT2D eigenvalue weighted by Crippen LogP contribution is 2.36. The Labute approximate surface area is 251 Å². The Morgan fingerprint density at radius 3 is 2.42 bits per heavy atom. The molecule has 1 saturated heterocycles. The second-order valence-corrected chi connectivity index (χ2v) is 12.2. The number of aromatic nitrogens is 3. The van der Waals surface area contributed by atoms with Crippen LogP contribution in [0.4, 0.5) is 11.6 Å². The maximum Gasteiger partial charge on any atom is 0.258 e. The standard InChI is InChI=1S/C34H36N6O3/c1-21-26(6-5-7-28(21)40-20-24-19-25(34(2,3)4)12-13-27(24)32(40)42)30-36-29(37-33(35)38-30)18-22-8-10-23(11-9-22)31(41)39-14-16-43-17-15-39/h5-13,19H,14-18,20H2,1-4H3,(H2,35,36,37,38). The Morgan fingerprint density at radius 2 is 1.70 bits per heavy atom. The van der Waals surface area contributed by atoms with Crippen molar-refractivity contribution in [3.8, 4) is 11.4 Å². The minimum Gasteiger partial charge on any atom is -0.378 e. The molecule has 2 aliphatic heterocycles. The number of anilines is 2. The van der Waals surface area contributed by atoms with Crippen LogP contribution in [0, 0.1) is 6.92 Å². The van der Waals surface area contributed by atoms with E-state index in [0.29, 0.717) is 56.5 Å². The number of nitrogen functional groups attached to an aromatic ring is 1. The summed E-state index contributed by atoms with van der Waals surface area (Å²) in [6.45, 7) is 11.3. The van der Waals surface area contributed by atoms with Crippen LogP contribution in [0.1, 0.15) is 69.6 Å². The first-order chi connectivity index (χ1) is 20.6. The van der Waals surface area contributed by atoms with Gasteiger partial charge in [0.2, 0.25) is 5.95 Å². The second-order valence-electron chi connectivity index (χ2n) is 12.2. The lowest BCUT2D eigenvalue weighted by molar-refractivity contribution is 0.0303. The van der Waals surface area contributed by atoms with E-state index in [1.807, 2.05) is 71.3 Å². The lowest BCUT2D eigenvalue weighted by Gasteiger charge is -2.26. The first kappa shape index (κ1) is 28.5. The maximum atomic E-state index is 13.5. The van der Waals surface area contributed by atoms with Gasteiger partial charge in [0.15, 0.2) is 5.82 Å². The van der Waals surface area contributed by atoms with Gasteiger partial charge in [0, 0.05) is 41.9 Å². The highest BCUT2D eigenvalue weighted by atomic mass is 16.5. The number of benzene rings is 3. The van der Waals surface area contributed by atoms with Gasteiger partial charge in [-0.2, -0.15) is 9.97 Å².